The molecule has 0 aliphatic heterocycles. The second-order valence-electron chi connectivity index (χ2n) is 2.80. The SMILES string of the molecule is C=C[C@H](/C=C/C)Nc1ccccc1. The predicted molar refractivity (Wildman–Crippen MR) is 58.9 cm³/mol. The van der Waals surface area contributed by atoms with Gasteiger partial charge in [-0.15, -0.1) is 6.58 Å². The predicted octanol–water partition coefficient (Wildman–Crippen LogP) is 3.23. The molecule has 1 heteroatoms. The Morgan fingerprint density at radius 2 is 2.00 bits per heavy atom. The molecule has 0 bridgehead atoms. The minimum Gasteiger partial charge on any atom is -0.375 e. The third-order valence-corrected chi connectivity index (χ3v) is 1.76. The molecule has 0 heterocycles. The van der Waals surface area contributed by atoms with E-state index in [1.807, 2.05) is 49.4 Å². The van der Waals surface area contributed by atoms with Crippen LogP contribution >= 0.6 is 0 Å². The van der Waals surface area contributed by atoms with Gasteiger partial charge in [0.2, 0.25) is 0 Å². The van der Waals surface area contributed by atoms with Crippen LogP contribution in [0.4, 0.5) is 5.69 Å². The number of para-hydroxylation sites is 1. The molecule has 0 unspecified atom stereocenters. The highest BCUT2D eigenvalue weighted by Crippen LogP contribution is 2.07. The summed E-state index contributed by atoms with van der Waals surface area (Å²) in [5.41, 5.74) is 1.12. The van der Waals surface area contributed by atoms with Crippen molar-refractivity contribution in [2.24, 2.45) is 0 Å². The molecule has 1 atom stereocenters. The topological polar surface area (TPSA) is 12.0 Å². The minimum absolute atomic E-state index is 0.215. The average Bonchev–Trinajstić information content (AvgIpc) is 2.19. The van der Waals surface area contributed by atoms with Gasteiger partial charge >= 0.3 is 0 Å². The van der Waals surface area contributed by atoms with Crippen molar-refractivity contribution in [3.63, 3.8) is 0 Å². The lowest BCUT2D eigenvalue weighted by atomic mass is 10.2. The van der Waals surface area contributed by atoms with E-state index in [1.165, 1.54) is 0 Å². The summed E-state index contributed by atoms with van der Waals surface area (Å²) in [6.45, 7) is 5.77. The summed E-state index contributed by atoms with van der Waals surface area (Å²) < 4.78 is 0. The molecular formula is C12H15N. The van der Waals surface area contributed by atoms with Crippen LogP contribution in [0.5, 0.6) is 0 Å². The van der Waals surface area contributed by atoms with E-state index in [0.29, 0.717) is 0 Å². The van der Waals surface area contributed by atoms with E-state index in [4.69, 9.17) is 0 Å². The number of hydrogen-bond acceptors (Lipinski definition) is 1. The van der Waals surface area contributed by atoms with Gasteiger partial charge in [-0.05, 0) is 19.1 Å². The molecule has 0 aliphatic rings. The van der Waals surface area contributed by atoms with E-state index >= 15 is 0 Å². The molecule has 0 radical (unpaired) electrons. The number of benzene rings is 1. The molecule has 1 N–H and O–H groups in total. The van der Waals surface area contributed by atoms with Gasteiger partial charge in [0, 0.05) is 5.69 Å². The Kier molecular flexibility index (Phi) is 3.83. The van der Waals surface area contributed by atoms with Crippen LogP contribution in [0.3, 0.4) is 0 Å². The molecule has 0 saturated carbocycles. The highest BCUT2D eigenvalue weighted by atomic mass is 14.9. The number of hydrogen-bond donors (Lipinski definition) is 1. The zero-order chi connectivity index (χ0) is 9.52. The van der Waals surface area contributed by atoms with Gasteiger partial charge in [-0.25, -0.2) is 0 Å². The van der Waals surface area contributed by atoms with Crippen molar-refractivity contribution in [1.82, 2.24) is 0 Å². The van der Waals surface area contributed by atoms with E-state index in [0.717, 1.165) is 5.69 Å². The van der Waals surface area contributed by atoms with Crippen molar-refractivity contribution >= 4 is 5.69 Å². The molecule has 1 aromatic rings. The summed E-state index contributed by atoms with van der Waals surface area (Å²) in [7, 11) is 0. The summed E-state index contributed by atoms with van der Waals surface area (Å²) in [5, 5.41) is 3.32. The molecule has 1 aromatic carbocycles. The molecule has 0 aliphatic carbocycles. The fraction of sp³-hybridized carbons (Fsp3) is 0.167. The largest absolute Gasteiger partial charge is 0.375 e. The molecule has 0 aromatic heterocycles. The van der Waals surface area contributed by atoms with E-state index in [1.54, 1.807) is 0 Å². The van der Waals surface area contributed by atoms with Gasteiger partial charge in [-0.2, -0.15) is 0 Å². The highest BCUT2D eigenvalue weighted by molar-refractivity contribution is 5.45. The van der Waals surface area contributed by atoms with E-state index < -0.39 is 0 Å². The van der Waals surface area contributed by atoms with Gasteiger partial charge < -0.3 is 5.32 Å². The maximum Gasteiger partial charge on any atom is 0.0625 e. The van der Waals surface area contributed by atoms with Crippen LogP contribution in [-0.4, -0.2) is 6.04 Å². The second-order valence-corrected chi connectivity index (χ2v) is 2.80. The maximum atomic E-state index is 3.76. The normalized spacial score (nSPS) is 12.7. The standard InChI is InChI=1S/C12H15N/c1-3-8-11(4-2)13-12-9-6-5-7-10-12/h3-11,13H,2H2,1H3/b8-3+/t11-/m1/s1. The lowest BCUT2D eigenvalue weighted by Crippen LogP contribution is -2.12. The van der Waals surface area contributed by atoms with Crippen molar-refractivity contribution < 1.29 is 0 Å². The molecule has 13 heavy (non-hydrogen) atoms. The zero-order valence-electron chi connectivity index (χ0n) is 7.90. The second kappa shape index (κ2) is 5.20. The van der Waals surface area contributed by atoms with Crippen LogP contribution in [-0.2, 0) is 0 Å². The minimum atomic E-state index is 0.215. The summed E-state index contributed by atoms with van der Waals surface area (Å²) in [5.74, 6) is 0. The Balaban J connectivity index is 2.62. The zero-order valence-corrected chi connectivity index (χ0v) is 7.90. The number of nitrogens with one attached hydrogen (secondary N) is 1. The third kappa shape index (κ3) is 3.16. The van der Waals surface area contributed by atoms with Crippen molar-refractivity contribution in [3.05, 3.63) is 55.1 Å². The lowest BCUT2D eigenvalue weighted by molar-refractivity contribution is 1.11. The first-order valence-corrected chi connectivity index (χ1v) is 4.43. The van der Waals surface area contributed by atoms with Crippen molar-refractivity contribution in [2.75, 3.05) is 5.32 Å². The van der Waals surface area contributed by atoms with Gasteiger partial charge in [0.1, 0.15) is 0 Å². The van der Waals surface area contributed by atoms with Crippen LogP contribution in [0, 0.1) is 0 Å². The molecule has 1 rings (SSSR count). The fourth-order valence-electron chi connectivity index (χ4n) is 1.12. The third-order valence-electron chi connectivity index (χ3n) is 1.76. The fourth-order valence-corrected chi connectivity index (χ4v) is 1.12. The van der Waals surface area contributed by atoms with Crippen LogP contribution in [0.15, 0.2) is 55.1 Å². The summed E-state index contributed by atoms with van der Waals surface area (Å²) in [4.78, 5) is 0. The van der Waals surface area contributed by atoms with Crippen LogP contribution in [0.1, 0.15) is 6.92 Å². The van der Waals surface area contributed by atoms with Crippen LogP contribution in [0.25, 0.3) is 0 Å². The Hall–Kier alpha value is -1.50. The highest BCUT2D eigenvalue weighted by Gasteiger charge is 1.96. The van der Waals surface area contributed by atoms with Gasteiger partial charge in [-0.1, -0.05) is 36.4 Å². The molecular weight excluding hydrogens is 158 g/mol. The monoisotopic (exact) mass is 173 g/mol. The molecule has 0 amide bonds. The van der Waals surface area contributed by atoms with Gasteiger partial charge in [0.25, 0.3) is 0 Å². The van der Waals surface area contributed by atoms with Gasteiger partial charge in [-0.3, -0.25) is 0 Å². The van der Waals surface area contributed by atoms with Crippen molar-refractivity contribution in [1.29, 1.82) is 0 Å². The number of rotatable bonds is 4. The molecule has 1 nitrogen and oxygen atoms in total. The van der Waals surface area contributed by atoms with Crippen LogP contribution in [0.2, 0.25) is 0 Å². The molecule has 0 saturated heterocycles. The Bertz CT molecular complexity index is 274. The molecule has 0 fully saturated rings. The Morgan fingerprint density at radius 3 is 2.54 bits per heavy atom. The quantitative estimate of drug-likeness (QED) is 0.689. The summed E-state index contributed by atoms with van der Waals surface area (Å²) in [6, 6.07) is 10.3. The van der Waals surface area contributed by atoms with Gasteiger partial charge in [0.05, 0.1) is 6.04 Å². The van der Waals surface area contributed by atoms with Crippen LogP contribution < -0.4 is 5.32 Å². The molecule has 0 spiro atoms. The summed E-state index contributed by atoms with van der Waals surface area (Å²) >= 11 is 0. The number of anilines is 1. The lowest BCUT2D eigenvalue weighted by Gasteiger charge is -2.11. The van der Waals surface area contributed by atoms with E-state index in [2.05, 4.69) is 18.0 Å². The first kappa shape index (κ1) is 9.59. The van der Waals surface area contributed by atoms with Gasteiger partial charge in [0.15, 0.2) is 0 Å². The first-order chi connectivity index (χ1) is 6.36. The molecule has 68 valence electrons. The summed E-state index contributed by atoms with van der Waals surface area (Å²) in [6.07, 6.45) is 5.97. The Morgan fingerprint density at radius 1 is 1.31 bits per heavy atom. The Labute approximate surface area is 79.8 Å². The van der Waals surface area contributed by atoms with E-state index in [9.17, 15) is 0 Å². The average molecular weight is 173 g/mol. The number of allylic oxidation sites excluding steroid dienone is 1. The van der Waals surface area contributed by atoms with E-state index in [-0.39, 0.29) is 6.04 Å². The van der Waals surface area contributed by atoms with Crippen molar-refractivity contribution in [2.45, 2.75) is 13.0 Å². The first-order valence-electron chi connectivity index (χ1n) is 4.43. The van der Waals surface area contributed by atoms with Crippen molar-refractivity contribution in [3.8, 4) is 0 Å². The maximum absolute atomic E-state index is 3.76. The smallest absolute Gasteiger partial charge is 0.0625 e.